The molecule has 0 aliphatic carbocycles. The first kappa shape index (κ1) is 16.4. The van der Waals surface area contributed by atoms with Crippen LogP contribution in [0.5, 0.6) is 0 Å². The van der Waals surface area contributed by atoms with E-state index in [9.17, 15) is 0 Å². The maximum atomic E-state index is 7.53. The molecule has 0 spiro atoms. The Morgan fingerprint density at radius 2 is 1.94 bits per heavy atom. The molecule has 1 atom stereocenters. The van der Waals surface area contributed by atoms with E-state index >= 15 is 0 Å². The first-order valence-electron chi connectivity index (χ1n) is 6.90. The van der Waals surface area contributed by atoms with Gasteiger partial charge in [0, 0.05) is 12.0 Å². The topological polar surface area (TPSA) is 53.1 Å². The molecule has 3 N–H and O–H groups in total. The Morgan fingerprint density at radius 3 is 2.35 bits per heavy atom. The van der Waals surface area contributed by atoms with Crippen LogP contribution in [0.1, 0.15) is 53.9 Å². The van der Waals surface area contributed by atoms with Crippen LogP contribution in [-0.2, 0) is 0 Å². The van der Waals surface area contributed by atoms with Gasteiger partial charge in [0.05, 0.1) is 5.84 Å². The Hall–Kier alpha value is -0.570. The van der Waals surface area contributed by atoms with E-state index in [0.717, 1.165) is 31.8 Å². The Morgan fingerprint density at radius 1 is 1.35 bits per heavy atom. The third kappa shape index (κ3) is 6.67. The minimum Gasteiger partial charge on any atom is -0.387 e. The van der Waals surface area contributed by atoms with Crippen molar-refractivity contribution in [2.75, 3.05) is 19.6 Å². The molecule has 0 aromatic rings. The second-order valence-electron chi connectivity index (χ2n) is 5.81. The van der Waals surface area contributed by atoms with Crippen molar-refractivity contribution < 1.29 is 0 Å². The third-order valence-electron chi connectivity index (χ3n) is 3.72. The lowest BCUT2D eigenvalue weighted by Gasteiger charge is -2.27. The minimum atomic E-state index is -0.143. The molecule has 0 aromatic heterocycles. The van der Waals surface area contributed by atoms with Crippen molar-refractivity contribution in [1.29, 1.82) is 5.41 Å². The molecule has 0 aliphatic rings. The van der Waals surface area contributed by atoms with Crippen molar-refractivity contribution in [3.8, 4) is 0 Å². The number of hydrogen-bond acceptors (Lipinski definition) is 2. The number of hydrogen-bond donors (Lipinski definition) is 2. The summed E-state index contributed by atoms with van der Waals surface area (Å²) < 4.78 is 0. The normalized spacial score (nSPS) is 14.0. The zero-order valence-corrected chi connectivity index (χ0v) is 12.3. The van der Waals surface area contributed by atoms with Gasteiger partial charge in [-0.15, -0.1) is 0 Å². The van der Waals surface area contributed by atoms with Crippen molar-refractivity contribution in [3.05, 3.63) is 0 Å². The molecular formula is C14H31N3. The summed E-state index contributed by atoms with van der Waals surface area (Å²) in [7, 11) is 0. The van der Waals surface area contributed by atoms with Gasteiger partial charge < -0.3 is 10.6 Å². The zero-order chi connectivity index (χ0) is 13.5. The fourth-order valence-electron chi connectivity index (χ4n) is 1.83. The van der Waals surface area contributed by atoms with Crippen LogP contribution in [0.15, 0.2) is 0 Å². The molecule has 3 nitrogen and oxygen atoms in total. The SMILES string of the molecule is CCC(C)CN(CC)CCCC(C)(C)C(=N)N. The van der Waals surface area contributed by atoms with Gasteiger partial charge in [-0.25, -0.2) is 0 Å². The van der Waals surface area contributed by atoms with Gasteiger partial charge in [-0.05, 0) is 31.8 Å². The van der Waals surface area contributed by atoms with Crippen molar-refractivity contribution >= 4 is 5.84 Å². The summed E-state index contributed by atoms with van der Waals surface area (Å²) >= 11 is 0. The average Bonchev–Trinajstić information content (AvgIpc) is 2.26. The number of nitrogens with one attached hydrogen (secondary N) is 1. The first-order valence-corrected chi connectivity index (χ1v) is 6.90. The van der Waals surface area contributed by atoms with Crippen molar-refractivity contribution in [2.45, 2.75) is 53.9 Å². The molecule has 0 aliphatic heterocycles. The van der Waals surface area contributed by atoms with Gasteiger partial charge in [-0.1, -0.05) is 41.0 Å². The fraction of sp³-hybridized carbons (Fsp3) is 0.929. The molecule has 0 saturated carbocycles. The Labute approximate surface area is 107 Å². The standard InChI is InChI=1S/C14H31N3/c1-6-12(3)11-17(7-2)10-8-9-14(4,5)13(15)16/h12H,6-11H2,1-5H3,(H3,15,16). The molecule has 0 aromatic carbocycles. The largest absolute Gasteiger partial charge is 0.387 e. The van der Waals surface area contributed by atoms with E-state index in [1.807, 2.05) is 0 Å². The Bertz CT molecular complexity index is 224. The second kappa shape index (κ2) is 7.70. The van der Waals surface area contributed by atoms with Crippen LogP contribution < -0.4 is 5.73 Å². The molecule has 0 rings (SSSR count). The van der Waals surface area contributed by atoms with E-state index in [1.54, 1.807) is 0 Å². The summed E-state index contributed by atoms with van der Waals surface area (Å²) in [5, 5.41) is 7.53. The highest BCUT2D eigenvalue weighted by Gasteiger charge is 2.21. The summed E-state index contributed by atoms with van der Waals surface area (Å²) in [6.07, 6.45) is 3.37. The Balaban J connectivity index is 3.96. The van der Waals surface area contributed by atoms with Crippen LogP contribution in [0.4, 0.5) is 0 Å². The quantitative estimate of drug-likeness (QED) is 0.481. The van der Waals surface area contributed by atoms with Gasteiger partial charge in [0.1, 0.15) is 0 Å². The number of amidine groups is 1. The summed E-state index contributed by atoms with van der Waals surface area (Å²) in [6, 6.07) is 0. The van der Waals surface area contributed by atoms with E-state index < -0.39 is 0 Å². The van der Waals surface area contributed by atoms with E-state index in [-0.39, 0.29) is 5.41 Å². The Kier molecular flexibility index (Phi) is 7.44. The molecule has 0 bridgehead atoms. The lowest BCUT2D eigenvalue weighted by atomic mass is 9.86. The molecular weight excluding hydrogens is 210 g/mol. The van der Waals surface area contributed by atoms with Crippen LogP contribution in [0, 0.1) is 16.7 Å². The second-order valence-corrected chi connectivity index (χ2v) is 5.81. The predicted molar refractivity (Wildman–Crippen MR) is 76.5 cm³/mol. The van der Waals surface area contributed by atoms with Gasteiger partial charge in [0.2, 0.25) is 0 Å². The lowest BCUT2D eigenvalue weighted by Crippen LogP contribution is -2.33. The van der Waals surface area contributed by atoms with Crippen LogP contribution in [0.25, 0.3) is 0 Å². The zero-order valence-electron chi connectivity index (χ0n) is 12.3. The van der Waals surface area contributed by atoms with Crippen LogP contribution in [0.3, 0.4) is 0 Å². The molecule has 0 amide bonds. The molecule has 102 valence electrons. The molecule has 0 heterocycles. The van der Waals surface area contributed by atoms with Gasteiger partial charge in [-0.2, -0.15) is 0 Å². The van der Waals surface area contributed by atoms with Crippen molar-refractivity contribution in [1.82, 2.24) is 4.90 Å². The van der Waals surface area contributed by atoms with Gasteiger partial charge >= 0.3 is 0 Å². The van der Waals surface area contributed by atoms with Crippen molar-refractivity contribution in [3.63, 3.8) is 0 Å². The summed E-state index contributed by atoms with van der Waals surface area (Å²) in [4.78, 5) is 2.50. The summed E-state index contributed by atoms with van der Waals surface area (Å²) in [6.45, 7) is 14.3. The van der Waals surface area contributed by atoms with Gasteiger partial charge in [-0.3, -0.25) is 5.41 Å². The van der Waals surface area contributed by atoms with E-state index in [0.29, 0.717) is 5.84 Å². The van der Waals surface area contributed by atoms with E-state index in [1.165, 1.54) is 13.0 Å². The lowest BCUT2D eigenvalue weighted by molar-refractivity contribution is 0.233. The number of nitrogens with zero attached hydrogens (tertiary/aromatic N) is 1. The maximum Gasteiger partial charge on any atom is 0.0963 e. The molecule has 0 radical (unpaired) electrons. The molecule has 0 saturated heterocycles. The highest BCUT2D eigenvalue weighted by Crippen LogP contribution is 2.22. The smallest absolute Gasteiger partial charge is 0.0963 e. The number of nitrogens with two attached hydrogens (primary N) is 1. The predicted octanol–water partition coefficient (Wildman–Crippen LogP) is 3.10. The highest BCUT2D eigenvalue weighted by molar-refractivity contribution is 5.82. The van der Waals surface area contributed by atoms with Gasteiger partial charge in [0.25, 0.3) is 0 Å². The monoisotopic (exact) mass is 241 g/mol. The van der Waals surface area contributed by atoms with Gasteiger partial charge in [0.15, 0.2) is 0 Å². The summed E-state index contributed by atoms with van der Waals surface area (Å²) in [5.74, 6) is 1.08. The summed E-state index contributed by atoms with van der Waals surface area (Å²) in [5.41, 5.74) is 5.45. The van der Waals surface area contributed by atoms with E-state index in [2.05, 4.69) is 39.5 Å². The van der Waals surface area contributed by atoms with Crippen LogP contribution in [0.2, 0.25) is 0 Å². The minimum absolute atomic E-state index is 0.143. The third-order valence-corrected chi connectivity index (χ3v) is 3.72. The van der Waals surface area contributed by atoms with Crippen LogP contribution >= 0.6 is 0 Å². The molecule has 0 fully saturated rings. The molecule has 3 heteroatoms. The van der Waals surface area contributed by atoms with E-state index in [4.69, 9.17) is 11.1 Å². The number of rotatable bonds is 9. The maximum absolute atomic E-state index is 7.53. The molecule has 17 heavy (non-hydrogen) atoms. The first-order chi connectivity index (χ1) is 7.83. The fourth-order valence-corrected chi connectivity index (χ4v) is 1.83. The van der Waals surface area contributed by atoms with Crippen molar-refractivity contribution in [2.24, 2.45) is 17.1 Å². The average molecular weight is 241 g/mol. The molecule has 1 unspecified atom stereocenters. The highest BCUT2D eigenvalue weighted by atomic mass is 15.1. The van der Waals surface area contributed by atoms with Crippen LogP contribution in [-0.4, -0.2) is 30.4 Å².